The van der Waals surface area contributed by atoms with Crippen molar-refractivity contribution in [2.24, 2.45) is 0 Å². The topological polar surface area (TPSA) is 0 Å². The first kappa shape index (κ1) is 23.5. The Labute approximate surface area is 135 Å². The minimum atomic E-state index is 0. The van der Waals surface area contributed by atoms with Crippen molar-refractivity contribution in [3.63, 3.8) is 0 Å². The molecular weight excluding hydrogens is 491 g/mol. The molecule has 0 aliphatic heterocycles. The first-order valence-corrected chi connectivity index (χ1v) is 0. The van der Waals surface area contributed by atoms with Crippen molar-refractivity contribution in [3.8, 4) is 0 Å². The minimum absolute atomic E-state index is 0. The van der Waals surface area contributed by atoms with Crippen molar-refractivity contribution in [1.82, 2.24) is 0 Å². The van der Waals surface area contributed by atoms with Gasteiger partial charge in [0.15, 0.2) is 0 Å². The van der Waals surface area contributed by atoms with Crippen LogP contribution in [0.3, 0.4) is 0 Å². The first-order valence-electron chi connectivity index (χ1n) is 0. The number of rotatable bonds is 0. The minimum Gasteiger partial charge on any atom is 2.00 e. The molecule has 0 rings (SSSR count). The molecule has 0 unspecified atom stereocenters. The summed E-state index contributed by atoms with van der Waals surface area (Å²) in [6, 6.07) is 0. The van der Waals surface area contributed by atoms with Crippen LogP contribution in [0.4, 0.5) is 0 Å². The molecule has 4 heteroatoms. The Morgan fingerprint density at radius 3 is 0.500 bits per heavy atom. The molecule has 4 heavy (non-hydrogen) atoms. The molecule has 0 spiro atoms. The van der Waals surface area contributed by atoms with Gasteiger partial charge in [0.1, 0.15) is 0 Å². The maximum absolute atomic E-state index is 0. The van der Waals surface area contributed by atoms with E-state index in [1.54, 1.807) is 0 Å². The summed E-state index contributed by atoms with van der Waals surface area (Å²) in [5, 5.41) is 0. The normalized spacial score (nSPS) is 0. The monoisotopic (exact) mass is 484 g/mol. The van der Waals surface area contributed by atoms with Gasteiger partial charge < -0.3 is 0 Å². The maximum Gasteiger partial charge on any atom is 3.00 e. The molecule has 0 saturated carbocycles. The van der Waals surface area contributed by atoms with Gasteiger partial charge in [-0.05, 0) is 0 Å². The van der Waals surface area contributed by atoms with Crippen LogP contribution in [-0.4, -0.2) is 0 Å². The summed E-state index contributed by atoms with van der Waals surface area (Å²) in [6.45, 7) is 0. The first-order chi connectivity index (χ1) is 0. The molecule has 0 aliphatic rings. The zero-order valence-corrected chi connectivity index (χ0v) is 12.4. The van der Waals surface area contributed by atoms with Crippen molar-refractivity contribution in [2.75, 3.05) is 0 Å². The molecule has 0 aromatic rings. The van der Waals surface area contributed by atoms with Crippen LogP contribution < -0.4 is 0 Å². The van der Waals surface area contributed by atoms with E-state index < -0.39 is 0 Å². The van der Waals surface area contributed by atoms with Crippen LogP contribution in [0, 0.1) is 123 Å². The zero-order chi connectivity index (χ0) is 0. The van der Waals surface area contributed by atoms with Crippen LogP contribution in [0.15, 0.2) is 0 Å². The second-order valence-electron chi connectivity index (χ2n) is 0. The molecule has 0 heterocycles. The molecule has 0 aromatic carbocycles. The fourth-order valence-corrected chi connectivity index (χ4v) is 0. The molecule has 0 fully saturated rings. The third-order valence-corrected chi connectivity index (χ3v) is 0. The van der Waals surface area contributed by atoms with Gasteiger partial charge in [-0.15, -0.1) is 0 Å². The molecule has 11 valence electrons. The van der Waals surface area contributed by atoms with Gasteiger partial charge in [-0.2, -0.15) is 0 Å². The molecule has 0 amide bonds. The molecule has 0 atom stereocenters. The van der Waals surface area contributed by atoms with Crippen LogP contribution >= 0.6 is 0 Å². The number of hydrogen-bond acceptors (Lipinski definition) is 0. The van der Waals surface area contributed by atoms with Crippen LogP contribution in [-0.2, 0) is 16.5 Å². The summed E-state index contributed by atoms with van der Waals surface area (Å²) >= 11 is 0. The van der Waals surface area contributed by atoms with E-state index in [0.717, 1.165) is 0 Å². The van der Waals surface area contributed by atoms with E-state index in [4.69, 9.17) is 0 Å². The smallest absolute Gasteiger partial charge is 2.00 e. The average Bonchev–Trinajstić information content (AvgIpc) is 0. The van der Waals surface area contributed by atoms with Crippen molar-refractivity contribution in [3.05, 3.63) is 0 Å². The van der Waals surface area contributed by atoms with E-state index >= 15 is 0 Å². The van der Waals surface area contributed by atoms with Crippen LogP contribution in [0.1, 0.15) is 0 Å². The summed E-state index contributed by atoms with van der Waals surface area (Å²) in [5.41, 5.74) is 0. The fourth-order valence-electron chi connectivity index (χ4n) is 0. The Morgan fingerprint density at radius 2 is 0.500 bits per heavy atom. The predicted octanol–water partition coefficient (Wildman–Crippen LogP) is -0.00250. The van der Waals surface area contributed by atoms with E-state index in [1.807, 2.05) is 0 Å². The average molecular weight is 491 g/mol. The Balaban J connectivity index is 0. The summed E-state index contributed by atoms with van der Waals surface area (Å²) < 4.78 is 0. The second-order valence-corrected chi connectivity index (χ2v) is 0. The molecule has 0 saturated heterocycles. The molecule has 0 bridgehead atoms. The molecule has 3 radical (unpaired) electrons. The van der Waals surface area contributed by atoms with E-state index in [0.29, 0.717) is 0 Å². The molecule has 0 aliphatic carbocycles. The summed E-state index contributed by atoms with van der Waals surface area (Å²) in [7, 11) is 0. The molecule has 0 N–H and O–H groups in total. The quantitative estimate of drug-likeness (QED) is 0.419. The SMILES string of the molecule is [Nd+3].[Nd+3].[Nd+3].[Ni+2]. The fraction of sp³-hybridized carbons (Fsp3) is 0. The van der Waals surface area contributed by atoms with Crippen LogP contribution in [0.25, 0.3) is 0 Å². The summed E-state index contributed by atoms with van der Waals surface area (Å²) in [6.07, 6.45) is 0. The van der Waals surface area contributed by atoms with E-state index in [1.165, 1.54) is 0 Å². The third kappa shape index (κ3) is 9.74. The van der Waals surface area contributed by atoms with Crippen molar-refractivity contribution in [1.29, 1.82) is 0 Å². The van der Waals surface area contributed by atoms with Gasteiger partial charge in [-0.25, -0.2) is 0 Å². The van der Waals surface area contributed by atoms with Crippen LogP contribution in [0.5, 0.6) is 0 Å². The van der Waals surface area contributed by atoms with Gasteiger partial charge in [0.25, 0.3) is 0 Å². The second kappa shape index (κ2) is 15.6. The molecule has 0 aromatic heterocycles. The van der Waals surface area contributed by atoms with Gasteiger partial charge in [-0.3, -0.25) is 0 Å². The van der Waals surface area contributed by atoms with E-state index in [-0.39, 0.29) is 139 Å². The number of hydrogen-bond donors (Lipinski definition) is 0. The van der Waals surface area contributed by atoms with Gasteiger partial charge in [0, 0.05) is 0 Å². The Morgan fingerprint density at radius 1 is 0.500 bits per heavy atom. The predicted molar refractivity (Wildman–Crippen MR) is 0 cm³/mol. The van der Waals surface area contributed by atoms with Crippen molar-refractivity contribution in [2.45, 2.75) is 0 Å². The van der Waals surface area contributed by atoms with Gasteiger partial charge in [0.05, 0.1) is 0 Å². The standard InChI is InChI=1S/3Nd.Ni/q3*+3;+2. The Hall–Kier alpha value is 4.55. The van der Waals surface area contributed by atoms with Gasteiger partial charge in [0.2, 0.25) is 0 Å². The summed E-state index contributed by atoms with van der Waals surface area (Å²) in [4.78, 5) is 0. The van der Waals surface area contributed by atoms with E-state index in [2.05, 4.69) is 0 Å². The largest absolute Gasteiger partial charge is 3.00 e. The zero-order valence-electron chi connectivity index (χ0n) is 1.82. The molecular formula is Nd3Ni+11. The summed E-state index contributed by atoms with van der Waals surface area (Å²) in [5.74, 6) is 0. The van der Waals surface area contributed by atoms with Crippen molar-refractivity contribution >= 4 is 0 Å². The molecule has 0 nitrogen and oxygen atoms in total. The van der Waals surface area contributed by atoms with Crippen LogP contribution in [0.2, 0.25) is 0 Å². The Kier molecular flexibility index (Phi) is 92.1. The van der Waals surface area contributed by atoms with Gasteiger partial charge in [-0.1, -0.05) is 0 Å². The van der Waals surface area contributed by atoms with Crippen molar-refractivity contribution < 1.29 is 139 Å². The van der Waals surface area contributed by atoms with E-state index in [9.17, 15) is 0 Å². The Bertz CT molecular complexity index is 3.25. The van der Waals surface area contributed by atoms with Gasteiger partial charge >= 0.3 is 139 Å². The maximum atomic E-state index is 0. The third-order valence-electron chi connectivity index (χ3n) is 0.